The first-order valence-corrected chi connectivity index (χ1v) is 11.0. The molecule has 0 saturated heterocycles. The molecule has 0 fully saturated rings. The van der Waals surface area contributed by atoms with Crippen LogP contribution in [-0.2, 0) is 9.59 Å². The van der Waals surface area contributed by atoms with Crippen LogP contribution in [0.3, 0.4) is 0 Å². The standard InChI is InChI=1S/C22H44N2O2/c1-6-9-10-14-17-20(22(26)24(5)8-3)18-15-12-11-13-16-19-21(25)23(4)7-2/h20H,6-19H2,1-5H3. The lowest BCUT2D eigenvalue weighted by Gasteiger charge is -2.23. The van der Waals surface area contributed by atoms with E-state index in [-0.39, 0.29) is 11.8 Å². The van der Waals surface area contributed by atoms with Gasteiger partial charge in [-0.25, -0.2) is 0 Å². The van der Waals surface area contributed by atoms with E-state index < -0.39 is 0 Å². The van der Waals surface area contributed by atoms with Gasteiger partial charge in [0, 0.05) is 39.5 Å². The number of rotatable bonds is 16. The quantitative estimate of drug-likeness (QED) is 0.349. The minimum absolute atomic E-state index is 0.205. The lowest BCUT2D eigenvalue weighted by atomic mass is 9.93. The minimum Gasteiger partial charge on any atom is -0.346 e. The van der Waals surface area contributed by atoms with Gasteiger partial charge in [0.25, 0.3) is 0 Å². The molecular weight excluding hydrogens is 324 g/mol. The molecule has 4 heteroatoms. The molecular formula is C22H44N2O2. The fourth-order valence-corrected chi connectivity index (χ4v) is 3.24. The summed E-state index contributed by atoms with van der Waals surface area (Å²) in [5.74, 6) is 0.793. The van der Waals surface area contributed by atoms with Crippen LogP contribution in [0.15, 0.2) is 0 Å². The first kappa shape index (κ1) is 24.9. The van der Waals surface area contributed by atoms with Crippen molar-refractivity contribution in [1.29, 1.82) is 0 Å². The molecule has 0 heterocycles. The third-order valence-electron chi connectivity index (χ3n) is 5.45. The summed E-state index contributed by atoms with van der Waals surface area (Å²) in [6.07, 6.45) is 13.2. The maximum atomic E-state index is 12.6. The Hall–Kier alpha value is -1.06. The van der Waals surface area contributed by atoms with Crippen LogP contribution in [0.4, 0.5) is 0 Å². The number of hydrogen-bond acceptors (Lipinski definition) is 2. The van der Waals surface area contributed by atoms with E-state index in [0.29, 0.717) is 12.3 Å². The van der Waals surface area contributed by atoms with Crippen molar-refractivity contribution < 1.29 is 9.59 Å². The second kappa shape index (κ2) is 16.1. The van der Waals surface area contributed by atoms with Crippen LogP contribution in [0.25, 0.3) is 0 Å². The van der Waals surface area contributed by atoms with Crippen molar-refractivity contribution in [1.82, 2.24) is 9.80 Å². The molecule has 1 unspecified atom stereocenters. The van der Waals surface area contributed by atoms with Crippen molar-refractivity contribution in [3.05, 3.63) is 0 Å². The van der Waals surface area contributed by atoms with Gasteiger partial charge in [-0.15, -0.1) is 0 Å². The Balaban J connectivity index is 4.00. The van der Waals surface area contributed by atoms with E-state index in [9.17, 15) is 9.59 Å². The molecule has 0 rings (SSSR count). The maximum absolute atomic E-state index is 12.6. The zero-order valence-electron chi connectivity index (χ0n) is 18.2. The Morgan fingerprint density at radius 3 is 1.73 bits per heavy atom. The normalized spacial score (nSPS) is 12.0. The highest BCUT2D eigenvalue weighted by molar-refractivity contribution is 5.78. The van der Waals surface area contributed by atoms with E-state index in [2.05, 4.69) is 6.92 Å². The average molecular weight is 369 g/mol. The summed E-state index contributed by atoms with van der Waals surface area (Å²) in [6.45, 7) is 7.86. The van der Waals surface area contributed by atoms with Crippen LogP contribution >= 0.6 is 0 Å². The highest BCUT2D eigenvalue weighted by Crippen LogP contribution is 2.21. The van der Waals surface area contributed by atoms with Crippen molar-refractivity contribution in [2.45, 2.75) is 97.8 Å². The molecule has 2 amide bonds. The van der Waals surface area contributed by atoms with E-state index >= 15 is 0 Å². The largest absolute Gasteiger partial charge is 0.346 e. The molecule has 0 radical (unpaired) electrons. The highest BCUT2D eigenvalue weighted by Gasteiger charge is 2.20. The molecule has 0 aromatic heterocycles. The SMILES string of the molecule is CCCCCCC(CCCCCCCC(=O)N(C)CC)C(=O)N(C)CC. The lowest BCUT2D eigenvalue weighted by molar-refractivity contribution is -0.134. The smallest absolute Gasteiger partial charge is 0.225 e. The Bertz CT molecular complexity index is 371. The third kappa shape index (κ3) is 11.5. The topological polar surface area (TPSA) is 40.6 Å². The Morgan fingerprint density at radius 1 is 0.692 bits per heavy atom. The van der Waals surface area contributed by atoms with Crippen molar-refractivity contribution in [3.63, 3.8) is 0 Å². The monoisotopic (exact) mass is 368 g/mol. The van der Waals surface area contributed by atoms with Crippen LogP contribution < -0.4 is 0 Å². The molecule has 0 aliphatic rings. The second-order valence-electron chi connectivity index (χ2n) is 7.61. The predicted molar refractivity (Wildman–Crippen MR) is 111 cm³/mol. The molecule has 26 heavy (non-hydrogen) atoms. The Morgan fingerprint density at radius 2 is 1.19 bits per heavy atom. The van der Waals surface area contributed by atoms with Gasteiger partial charge < -0.3 is 9.80 Å². The average Bonchev–Trinajstić information content (AvgIpc) is 2.66. The summed E-state index contributed by atoms with van der Waals surface area (Å²) in [6, 6.07) is 0. The second-order valence-corrected chi connectivity index (χ2v) is 7.61. The van der Waals surface area contributed by atoms with Crippen LogP contribution in [0.2, 0.25) is 0 Å². The van der Waals surface area contributed by atoms with E-state index in [1.165, 1.54) is 38.5 Å². The zero-order valence-corrected chi connectivity index (χ0v) is 18.2. The first-order valence-electron chi connectivity index (χ1n) is 11.0. The summed E-state index contributed by atoms with van der Waals surface area (Å²) in [7, 11) is 3.79. The number of hydrogen-bond donors (Lipinski definition) is 0. The molecule has 0 bridgehead atoms. The van der Waals surface area contributed by atoms with Gasteiger partial charge in [0.15, 0.2) is 0 Å². The predicted octanol–water partition coefficient (Wildman–Crippen LogP) is 5.26. The molecule has 0 aromatic rings. The molecule has 0 spiro atoms. The number of amides is 2. The van der Waals surface area contributed by atoms with Gasteiger partial charge in [0.05, 0.1) is 0 Å². The third-order valence-corrected chi connectivity index (χ3v) is 5.45. The van der Waals surface area contributed by atoms with E-state index in [1.54, 1.807) is 4.90 Å². The number of unbranched alkanes of at least 4 members (excludes halogenated alkanes) is 7. The van der Waals surface area contributed by atoms with E-state index in [4.69, 9.17) is 0 Å². The molecule has 0 aromatic carbocycles. The fourth-order valence-electron chi connectivity index (χ4n) is 3.24. The van der Waals surface area contributed by atoms with E-state index in [0.717, 1.165) is 45.2 Å². The van der Waals surface area contributed by atoms with Gasteiger partial charge in [-0.3, -0.25) is 9.59 Å². The van der Waals surface area contributed by atoms with Crippen molar-refractivity contribution >= 4 is 11.8 Å². The number of carbonyl (C=O) groups is 2. The highest BCUT2D eigenvalue weighted by atomic mass is 16.2. The Labute approximate surface area is 162 Å². The molecule has 0 N–H and O–H groups in total. The molecule has 0 aliphatic heterocycles. The van der Waals surface area contributed by atoms with Crippen molar-refractivity contribution in [2.24, 2.45) is 5.92 Å². The Kier molecular flexibility index (Phi) is 15.5. The van der Waals surface area contributed by atoms with Crippen LogP contribution in [0, 0.1) is 5.92 Å². The minimum atomic E-state index is 0.205. The first-order chi connectivity index (χ1) is 12.5. The summed E-state index contributed by atoms with van der Waals surface area (Å²) in [4.78, 5) is 28.0. The summed E-state index contributed by atoms with van der Waals surface area (Å²) in [5, 5.41) is 0. The number of nitrogens with zero attached hydrogens (tertiary/aromatic N) is 2. The fraction of sp³-hybridized carbons (Fsp3) is 0.909. The maximum Gasteiger partial charge on any atom is 0.225 e. The van der Waals surface area contributed by atoms with E-state index in [1.807, 2.05) is 32.8 Å². The van der Waals surface area contributed by atoms with Crippen molar-refractivity contribution in [2.75, 3.05) is 27.2 Å². The van der Waals surface area contributed by atoms with Crippen LogP contribution in [-0.4, -0.2) is 48.8 Å². The molecule has 4 nitrogen and oxygen atoms in total. The van der Waals surface area contributed by atoms with Gasteiger partial charge in [-0.1, -0.05) is 58.3 Å². The van der Waals surface area contributed by atoms with Crippen LogP contribution in [0.5, 0.6) is 0 Å². The van der Waals surface area contributed by atoms with Gasteiger partial charge in [-0.2, -0.15) is 0 Å². The van der Waals surface area contributed by atoms with Crippen LogP contribution in [0.1, 0.15) is 97.8 Å². The summed E-state index contributed by atoms with van der Waals surface area (Å²) < 4.78 is 0. The van der Waals surface area contributed by atoms with Gasteiger partial charge in [-0.05, 0) is 33.1 Å². The van der Waals surface area contributed by atoms with Gasteiger partial charge in [0.2, 0.25) is 11.8 Å². The molecule has 1 atom stereocenters. The molecule has 0 saturated carbocycles. The summed E-state index contributed by atoms with van der Waals surface area (Å²) >= 11 is 0. The summed E-state index contributed by atoms with van der Waals surface area (Å²) in [5.41, 5.74) is 0. The van der Waals surface area contributed by atoms with Gasteiger partial charge >= 0.3 is 0 Å². The van der Waals surface area contributed by atoms with Crippen molar-refractivity contribution in [3.8, 4) is 0 Å². The zero-order chi connectivity index (χ0) is 19.8. The molecule has 154 valence electrons. The number of carbonyl (C=O) groups excluding carboxylic acids is 2. The van der Waals surface area contributed by atoms with Gasteiger partial charge in [0.1, 0.15) is 0 Å². The molecule has 0 aliphatic carbocycles. The lowest BCUT2D eigenvalue weighted by Crippen LogP contribution is -2.32.